The van der Waals surface area contributed by atoms with E-state index in [1.165, 1.54) is 13.2 Å². The highest BCUT2D eigenvalue weighted by Gasteiger charge is 2.11. The van der Waals surface area contributed by atoms with Crippen LogP contribution in [0.1, 0.15) is 23.2 Å². The Kier molecular flexibility index (Phi) is 4.37. The number of hydrogen-bond donors (Lipinski definition) is 0. The number of rotatable bonds is 5. The van der Waals surface area contributed by atoms with E-state index in [1.807, 2.05) is 0 Å². The quantitative estimate of drug-likeness (QED) is 0.556. The lowest BCUT2D eigenvalue weighted by atomic mass is 10.1. The Morgan fingerprint density at radius 2 is 2.13 bits per heavy atom. The summed E-state index contributed by atoms with van der Waals surface area (Å²) >= 11 is 0. The molecule has 15 heavy (non-hydrogen) atoms. The zero-order chi connectivity index (χ0) is 11.3. The van der Waals surface area contributed by atoms with Crippen molar-refractivity contribution >= 4 is 5.78 Å². The lowest BCUT2D eigenvalue weighted by Gasteiger charge is -2.02. The molecule has 0 bridgehead atoms. The van der Waals surface area contributed by atoms with Crippen LogP contribution in [0.25, 0.3) is 0 Å². The number of halogens is 2. The Bertz CT molecular complexity index is 350. The second-order valence-corrected chi connectivity index (χ2v) is 3.14. The molecule has 0 spiro atoms. The van der Waals surface area contributed by atoms with E-state index in [0.717, 1.165) is 6.07 Å². The normalized spacial score (nSPS) is 10.3. The molecule has 1 aromatic rings. The van der Waals surface area contributed by atoms with E-state index in [2.05, 4.69) is 0 Å². The average molecular weight is 214 g/mol. The van der Waals surface area contributed by atoms with Crippen LogP contribution in [0.3, 0.4) is 0 Å². The molecular formula is C11H12F2O2. The van der Waals surface area contributed by atoms with Gasteiger partial charge in [-0.25, -0.2) is 8.78 Å². The maximum Gasteiger partial charge on any atom is 0.165 e. The minimum absolute atomic E-state index is 0.0625. The summed E-state index contributed by atoms with van der Waals surface area (Å²) in [6, 6.07) is 2.95. The monoisotopic (exact) mass is 214 g/mol. The number of benzene rings is 1. The number of ether oxygens (including phenoxy) is 1. The summed E-state index contributed by atoms with van der Waals surface area (Å²) in [6.07, 6.45) is 0.739. The fraction of sp³-hybridized carbons (Fsp3) is 0.364. The maximum absolute atomic E-state index is 13.1. The summed E-state index contributed by atoms with van der Waals surface area (Å²) in [5, 5.41) is 0. The van der Waals surface area contributed by atoms with Crippen LogP contribution in [0, 0.1) is 11.6 Å². The third kappa shape index (κ3) is 3.40. The van der Waals surface area contributed by atoms with Crippen LogP contribution >= 0.6 is 0 Å². The van der Waals surface area contributed by atoms with Crippen LogP contribution in [0.2, 0.25) is 0 Å². The lowest BCUT2D eigenvalue weighted by molar-refractivity contribution is 0.0959. The molecule has 0 unspecified atom stereocenters. The zero-order valence-corrected chi connectivity index (χ0v) is 8.43. The zero-order valence-electron chi connectivity index (χ0n) is 8.43. The van der Waals surface area contributed by atoms with E-state index in [4.69, 9.17) is 4.74 Å². The van der Waals surface area contributed by atoms with Gasteiger partial charge in [0.2, 0.25) is 0 Å². The van der Waals surface area contributed by atoms with Gasteiger partial charge in [-0.05, 0) is 18.6 Å². The van der Waals surface area contributed by atoms with Gasteiger partial charge in [-0.1, -0.05) is 0 Å². The molecule has 0 saturated carbocycles. The highest BCUT2D eigenvalue weighted by Crippen LogP contribution is 2.12. The van der Waals surface area contributed by atoms with Crippen LogP contribution in [0.15, 0.2) is 18.2 Å². The van der Waals surface area contributed by atoms with Crippen molar-refractivity contribution in [3.05, 3.63) is 35.4 Å². The largest absolute Gasteiger partial charge is 0.385 e. The number of ketones is 1. The van der Waals surface area contributed by atoms with Gasteiger partial charge in [0.15, 0.2) is 5.78 Å². The Hall–Kier alpha value is -1.29. The Morgan fingerprint density at radius 3 is 2.73 bits per heavy atom. The highest BCUT2D eigenvalue weighted by atomic mass is 19.1. The Morgan fingerprint density at radius 1 is 1.40 bits per heavy atom. The molecule has 0 aromatic heterocycles. The molecule has 0 aliphatic rings. The molecule has 0 fully saturated rings. The van der Waals surface area contributed by atoms with E-state index in [-0.39, 0.29) is 17.8 Å². The molecule has 0 radical (unpaired) electrons. The standard InChI is InChI=1S/C11H12F2O2/c1-15-6-2-3-11(14)9-5-4-8(12)7-10(9)13/h4-5,7H,2-3,6H2,1H3. The van der Waals surface area contributed by atoms with Gasteiger partial charge in [-0.15, -0.1) is 0 Å². The van der Waals surface area contributed by atoms with Gasteiger partial charge in [0.05, 0.1) is 5.56 Å². The van der Waals surface area contributed by atoms with Crippen molar-refractivity contribution in [3.63, 3.8) is 0 Å². The molecule has 0 heterocycles. The molecule has 0 aliphatic carbocycles. The first-order valence-electron chi connectivity index (χ1n) is 4.62. The van der Waals surface area contributed by atoms with Crippen LogP contribution in [-0.4, -0.2) is 19.5 Å². The molecule has 0 aliphatic heterocycles. The summed E-state index contributed by atoms with van der Waals surface area (Å²) in [6.45, 7) is 0.453. The molecule has 0 amide bonds. The molecule has 0 N–H and O–H groups in total. The predicted octanol–water partition coefficient (Wildman–Crippen LogP) is 2.57. The highest BCUT2D eigenvalue weighted by molar-refractivity contribution is 5.96. The molecule has 4 heteroatoms. The van der Waals surface area contributed by atoms with E-state index in [0.29, 0.717) is 19.1 Å². The second-order valence-electron chi connectivity index (χ2n) is 3.14. The van der Waals surface area contributed by atoms with Crippen molar-refractivity contribution in [3.8, 4) is 0 Å². The smallest absolute Gasteiger partial charge is 0.165 e. The second kappa shape index (κ2) is 5.56. The van der Waals surface area contributed by atoms with Crippen molar-refractivity contribution in [2.24, 2.45) is 0 Å². The molecular weight excluding hydrogens is 202 g/mol. The van der Waals surface area contributed by atoms with Gasteiger partial charge >= 0.3 is 0 Å². The third-order valence-corrected chi connectivity index (χ3v) is 1.98. The minimum atomic E-state index is -0.808. The molecule has 0 atom stereocenters. The van der Waals surface area contributed by atoms with E-state index in [9.17, 15) is 13.6 Å². The minimum Gasteiger partial charge on any atom is -0.385 e. The average Bonchev–Trinajstić information content (AvgIpc) is 2.17. The van der Waals surface area contributed by atoms with Gasteiger partial charge in [-0.2, -0.15) is 0 Å². The van der Waals surface area contributed by atoms with Crippen LogP contribution < -0.4 is 0 Å². The van der Waals surface area contributed by atoms with Crippen molar-refractivity contribution in [2.45, 2.75) is 12.8 Å². The first-order chi connectivity index (χ1) is 7.15. The van der Waals surface area contributed by atoms with Crippen LogP contribution in [0.4, 0.5) is 8.78 Å². The summed E-state index contributed by atoms with van der Waals surface area (Å²) in [5.74, 6) is -1.82. The van der Waals surface area contributed by atoms with Gasteiger partial charge in [0.25, 0.3) is 0 Å². The summed E-state index contributed by atoms with van der Waals surface area (Å²) in [4.78, 5) is 11.4. The SMILES string of the molecule is COCCCC(=O)c1ccc(F)cc1F. The van der Waals surface area contributed by atoms with E-state index >= 15 is 0 Å². The molecule has 0 saturated heterocycles. The molecule has 1 aromatic carbocycles. The van der Waals surface area contributed by atoms with Gasteiger partial charge in [0, 0.05) is 26.2 Å². The lowest BCUT2D eigenvalue weighted by Crippen LogP contribution is -2.04. The molecule has 2 nitrogen and oxygen atoms in total. The third-order valence-electron chi connectivity index (χ3n) is 1.98. The first-order valence-corrected chi connectivity index (χ1v) is 4.62. The number of carbonyl (C=O) groups excluding carboxylic acids is 1. The topological polar surface area (TPSA) is 26.3 Å². The van der Waals surface area contributed by atoms with E-state index in [1.54, 1.807) is 0 Å². The summed E-state index contributed by atoms with van der Waals surface area (Å²) in [5.41, 5.74) is -0.0625. The van der Waals surface area contributed by atoms with E-state index < -0.39 is 11.6 Å². The number of Topliss-reactive ketones (excluding diaryl/α,β-unsaturated/α-hetero) is 1. The number of carbonyl (C=O) groups is 1. The van der Waals surface area contributed by atoms with Crippen molar-refractivity contribution < 1.29 is 18.3 Å². The van der Waals surface area contributed by atoms with Crippen LogP contribution in [-0.2, 0) is 4.74 Å². The predicted molar refractivity (Wildman–Crippen MR) is 51.8 cm³/mol. The van der Waals surface area contributed by atoms with Crippen molar-refractivity contribution in [2.75, 3.05) is 13.7 Å². The molecule has 1 rings (SSSR count). The van der Waals surface area contributed by atoms with Crippen LogP contribution in [0.5, 0.6) is 0 Å². The maximum atomic E-state index is 13.1. The Balaban J connectivity index is 2.65. The van der Waals surface area contributed by atoms with Gasteiger partial charge in [-0.3, -0.25) is 4.79 Å². The number of hydrogen-bond acceptors (Lipinski definition) is 2. The van der Waals surface area contributed by atoms with Crippen molar-refractivity contribution in [1.29, 1.82) is 0 Å². The number of methoxy groups -OCH3 is 1. The summed E-state index contributed by atoms with van der Waals surface area (Å²) in [7, 11) is 1.53. The Labute approximate surface area is 86.9 Å². The van der Waals surface area contributed by atoms with Gasteiger partial charge in [0.1, 0.15) is 11.6 Å². The molecule has 82 valence electrons. The van der Waals surface area contributed by atoms with Crippen molar-refractivity contribution in [1.82, 2.24) is 0 Å². The van der Waals surface area contributed by atoms with Gasteiger partial charge < -0.3 is 4.74 Å². The summed E-state index contributed by atoms with van der Waals surface area (Å²) < 4.78 is 30.4. The fourth-order valence-corrected chi connectivity index (χ4v) is 1.23. The first kappa shape index (κ1) is 11.8. The fourth-order valence-electron chi connectivity index (χ4n) is 1.23.